The lowest BCUT2D eigenvalue weighted by atomic mass is 10.1. The van der Waals surface area contributed by atoms with Gasteiger partial charge in [0, 0.05) is 18.7 Å². The third kappa shape index (κ3) is 3.36. The minimum atomic E-state index is -0.528. The molecule has 1 N–H and O–H groups in total. The number of nitrogens with one attached hydrogen (secondary N) is 1. The van der Waals surface area contributed by atoms with Crippen LogP contribution in [0.3, 0.4) is 0 Å². The Morgan fingerprint density at radius 3 is 2.55 bits per heavy atom. The van der Waals surface area contributed by atoms with Crippen molar-refractivity contribution in [3.05, 3.63) is 35.4 Å². The van der Waals surface area contributed by atoms with Crippen LogP contribution in [0.1, 0.15) is 22.8 Å². The molecule has 0 bridgehead atoms. The average Bonchev–Trinajstić information content (AvgIpc) is 2.47. The van der Waals surface area contributed by atoms with Crippen molar-refractivity contribution in [1.82, 2.24) is 10.2 Å². The van der Waals surface area contributed by atoms with Crippen molar-refractivity contribution >= 4 is 11.8 Å². The van der Waals surface area contributed by atoms with E-state index in [0.29, 0.717) is 31.9 Å². The molecule has 2 amide bonds. The van der Waals surface area contributed by atoms with Crippen molar-refractivity contribution in [2.24, 2.45) is 0 Å². The molecule has 1 aromatic rings. The number of ether oxygens (including phenoxy) is 1. The summed E-state index contributed by atoms with van der Waals surface area (Å²) in [6.45, 7) is 5.89. The molecule has 1 heterocycles. The smallest absolute Gasteiger partial charge is 0.252 e. The SMILES string of the molecule is Cc1ccccc1C(=O)NC(C)C(=O)N1CCOCC1. The van der Waals surface area contributed by atoms with E-state index in [1.54, 1.807) is 17.9 Å². The fourth-order valence-electron chi connectivity index (χ4n) is 2.22. The van der Waals surface area contributed by atoms with Crippen LogP contribution in [-0.2, 0) is 9.53 Å². The maximum atomic E-state index is 12.2. The molecule has 1 aliphatic rings. The van der Waals surface area contributed by atoms with Gasteiger partial charge in [-0.25, -0.2) is 0 Å². The summed E-state index contributed by atoms with van der Waals surface area (Å²) >= 11 is 0. The van der Waals surface area contributed by atoms with Crippen LogP contribution < -0.4 is 5.32 Å². The van der Waals surface area contributed by atoms with E-state index in [4.69, 9.17) is 4.74 Å². The molecule has 2 rings (SSSR count). The molecule has 1 atom stereocenters. The highest BCUT2D eigenvalue weighted by Gasteiger charge is 2.24. The number of hydrogen-bond acceptors (Lipinski definition) is 3. The van der Waals surface area contributed by atoms with Gasteiger partial charge in [0.2, 0.25) is 5.91 Å². The summed E-state index contributed by atoms with van der Waals surface area (Å²) in [4.78, 5) is 26.1. The maximum Gasteiger partial charge on any atom is 0.252 e. The van der Waals surface area contributed by atoms with E-state index < -0.39 is 6.04 Å². The van der Waals surface area contributed by atoms with Crippen molar-refractivity contribution in [2.75, 3.05) is 26.3 Å². The summed E-state index contributed by atoms with van der Waals surface area (Å²) in [5, 5.41) is 2.76. The molecule has 20 heavy (non-hydrogen) atoms. The molecule has 108 valence electrons. The molecule has 0 spiro atoms. The molecule has 5 heteroatoms. The van der Waals surface area contributed by atoms with Gasteiger partial charge in [-0.1, -0.05) is 18.2 Å². The average molecular weight is 276 g/mol. The Hall–Kier alpha value is -1.88. The molecular weight excluding hydrogens is 256 g/mol. The van der Waals surface area contributed by atoms with Gasteiger partial charge >= 0.3 is 0 Å². The van der Waals surface area contributed by atoms with Crippen molar-refractivity contribution in [3.8, 4) is 0 Å². The topological polar surface area (TPSA) is 58.6 Å². The first-order chi connectivity index (χ1) is 9.59. The zero-order valence-corrected chi connectivity index (χ0v) is 11.9. The lowest BCUT2D eigenvalue weighted by Crippen LogP contribution is -2.50. The second-order valence-corrected chi connectivity index (χ2v) is 4.95. The first-order valence-corrected chi connectivity index (χ1v) is 6.82. The van der Waals surface area contributed by atoms with E-state index >= 15 is 0 Å². The third-order valence-corrected chi connectivity index (χ3v) is 3.43. The molecular formula is C15H20N2O3. The fourth-order valence-corrected chi connectivity index (χ4v) is 2.22. The maximum absolute atomic E-state index is 12.2. The Labute approximate surface area is 118 Å². The molecule has 1 aromatic carbocycles. The highest BCUT2D eigenvalue weighted by atomic mass is 16.5. The summed E-state index contributed by atoms with van der Waals surface area (Å²) in [7, 11) is 0. The van der Waals surface area contributed by atoms with E-state index in [1.807, 2.05) is 25.1 Å². The van der Waals surface area contributed by atoms with E-state index in [2.05, 4.69) is 5.32 Å². The Morgan fingerprint density at radius 1 is 1.25 bits per heavy atom. The van der Waals surface area contributed by atoms with E-state index in [0.717, 1.165) is 5.56 Å². The molecule has 1 fully saturated rings. The number of benzene rings is 1. The van der Waals surface area contributed by atoms with Crippen LogP contribution in [0.2, 0.25) is 0 Å². The first-order valence-electron chi connectivity index (χ1n) is 6.82. The van der Waals surface area contributed by atoms with Crippen molar-refractivity contribution < 1.29 is 14.3 Å². The van der Waals surface area contributed by atoms with Crippen LogP contribution in [0.15, 0.2) is 24.3 Å². The van der Waals surface area contributed by atoms with E-state index in [-0.39, 0.29) is 11.8 Å². The third-order valence-electron chi connectivity index (χ3n) is 3.43. The molecule has 0 aromatic heterocycles. The van der Waals surface area contributed by atoms with E-state index in [9.17, 15) is 9.59 Å². The number of hydrogen-bond donors (Lipinski definition) is 1. The predicted octanol–water partition coefficient (Wildman–Crippen LogP) is 0.972. The van der Waals surface area contributed by atoms with Crippen molar-refractivity contribution in [3.63, 3.8) is 0 Å². The van der Waals surface area contributed by atoms with Crippen LogP contribution >= 0.6 is 0 Å². The molecule has 0 aliphatic carbocycles. The lowest BCUT2D eigenvalue weighted by Gasteiger charge is -2.29. The molecule has 0 radical (unpaired) electrons. The minimum Gasteiger partial charge on any atom is -0.378 e. The van der Waals surface area contributed by atoms with Gasteiger partial charge in [0.05, 0.1) is 13.2 Å². The van der Waals surface area contributed by atoms with Gasteiger partial charge in [-0.3, -0.25) is 9.59 Å². The molecule has 5 nitrogen and oxygen atoms in total. The molecule has 0 saturated carbocycles. The standard InChI is InChI=1S/C15H20N2O3/c1-11-5-3-4-6-13(11)14(18)16-12(2)15(19)17-7-9-20-10-8-17/h3-6,12H,7-10H2,1-2H3,(H,16,18). The van der Waals surface area contributed by atoms with Crippen molar-refractivity contribution in [2.45, 2.75) is 19.9 Å². The van der Waals surface area contributed by atoms with Gasteiger partial charge in [0.25, 0.3) is 5.91 Å². The lowest BCUT2D eigenvalue weighted by molar-refractivity contribution is -0.136. The fraction of sp³-hybridized carbons (Fsp3) is 0.467. The Balaban J connectivity index is 1.97. The number of morpholine rings is 1. The molecule has 1 aliphatic heterocycles. The highest BCUT2D eigenvalue weighted by molar-refractivity contribution is 5.98. The van der Waals surface area contributed by atoms with E-state index in [1.165, 1.54) is 0 Å². The summed E-state index contributed by atoms with van der Waals surface area (Å²) in [5.41, 5.74) is 1.50. The largest absolute Gasteiger partial charge is 0.378 e. The summed E-state index contributed by atoms with van der Waals surface area (Å²) in [5.74, 6) is -0.271. The second kappa shape index (κ2) is 6.52. The Kier molecular flexibility index (Phi) is 4.74. The first kappa shape index (κ1) is 14.5. The Morgan fingerprint density at radius 2 is 1.90 bits per heavy atom. The van der Waals surface area contributed by atoms with Crippen LogP contribution in [0, 0.1) is 6.92 Å². The molecule has 1 unspecified atom stereocenters. The van der Waals surface area contributed by atoms with Crippen molar-refractivity contribution in [1.29, 1.82) is 0 Å². The zero-order valence-electron chi connectivity index (χ0n) is 11.9. The second-order valence-electron chi connectivity index (χ2n) is 4.95. The summed E-state index contributed by atoms with van der Waals surface area (Å²) in [6.07, 6.45) is 0. The zero-order chi connectivity index (χ0) is 14.5. The number of rotatable bonds is 3. The number of nitrogens with zero attached hydrogens (tertiary/aromatic N) is 1. The van der Waals surface area contributed by atoms with Gasteiger partial charge in [-0.2, -0.15) is 0 Å². The Bertz CT molecular complexity index is 496. The van der Waals surface area contributed by atoms with Gasteiger partial charge < -0.3 is 15.0 Å². The number of aryl methyl sites for hydroxylation is 1. The quantitative estimate of drug-likeness (QED) is 0.895. The molecule has 1 saturated heterocycles. The van der Waals surface area contributed by atoms with Crippen LogP contribution in [-0.4, -0.2) is 49.1 Å². The van der Waals surface area contributed by atoms with Gasteiger partial charge in [-0.05, 0) is 25.5 Å². The monoisotopic (exact) mass is 276 g/mol. The van der Waals surface area contributed by atoms with Gasteiger partial charge in [0.1, 0.15) is 6.04 Å². The van der Waals surface area contributed by atoms with Crippen LogP contribution in [0.5, 0.6) is 0 Å². The van der Waals surface area contributed by atoms with Gasteiger partial charge in [-0.15, -0.1) is 0 Å². The summed E-state index contributed by atoms with van der Waals surface area (Å²) in [6, 6.07) is 6.81. The predicted molar refractivity (Wildman–Crippen MR) is 75.5 cm³/mol. The number of carbonyl (C=O) groups is 2. The minimum absolute atomic E-state index is 0.0600. The number of amides is 2. The van der Waals surface area contributed by atoms with Gasteiger partial charge in [0.15, 0.2) is 0 Å². The van der Waals surface area contributed by atoms with Crippen LogP contribution in [0.25, 0.3) is 0 Å². The van der Waals surface area contributed by atoms with Crippen LogP contribution in [0.4, 0.5) is 0 Å². The summed E-state index contributed by atoms with van der Waals surface area (Å²) < 4.78 is 5.21. The normalized spacial score (nSPS) is 16.6. The number of carbonyl (C=O) groups excluding carboxylic acids is 2. The highest BCUT2D eigenvalue weighted by Crippen LogP contribution is 2.08.